The molecule has 2 aliphatic heterocycles. The van der Waals surface area contributed by atoms with Crippen LogP contribution < -0.4 is 4.90 Å². The SMILES string of the molecule is O=C1C(=O)N(C[C@H]2CCCCO2)c2ccc(Cl)cc21. The smallest absolute Gasteiger partial charge is 0.299 e. The maximum Gasteiger partial charge on any atom is 0.299 e. The number of amides is 1. The first-order valence-electron chi connectivity index (χ1n) is 6.44. The van der Waals surface area contributed by atoms with Gasteiger partial charge >= 0.3 is 0 Å². The van der Waals surface area contributed by atoms with Crippen molar-refractivity contribution in [1.29, 1.82) is 0 Å². The van der Waals surface area contributed by atoms with Gasteiger partial charge in [-0.2, -0.15) is 0 Å². The molecule has 1 saturated heterocycles. The molecule has 1 atom stereocenters. The van der Waals surface area contributed by atoms with E-state index in [0.717, 1.165) is 25.9 Å². The number of ether oxygens (including phenoxy) is 1. The molecular formula is C14H14ClNO3. The van der Waals surface area contributed by atoms with E-state index >= 15 is 0 Å². The normalized spacial score (nSPS) is 22.8. The fourth-order valence-electron chi connectivity index (χ4n) is 2.61. The third kappa shape index (κ3) is 2.26. The highest BCUT2D eigenvalue weighted by Gasteiger charge is 2.37. The van der Waals surface area contributed by atoms with E-state index < -0.39 is 11.7 Å². The molecule has 1 fully saturated rings. The second kappa shape index (κ2) is 4.94. The van der Waals surface area contributed by atoms with Gasteiger partial charge in [-0.25, -0.2) is 0 Å². The van der Waals surface area contributed by atoms with Crippen molar-refractivity contribution in [2.24, 2.45) is 0 Å². The molecule has 4 nitrogen and oxygen atoms in total. The Balaban J connectivity index is 1.86. The van der Waals surface area contributed by atoms with Crippen molar-refractivity contribution in [3.8, 4) is 0 Å². The van der Waals surface area contributed by atoms with Crippen molar-refractivity contribution < 1.29 is 14.3 Å². The molecule has 0 saturated carbocycles. The summed E-state index contributed by atoms with van der Waals surface area (Å²) in [5, 5.41) is 0.468. The van der Waals surface area contributed by atoms with Crippen LogP contribution in [0.2, 0.25) is 5.02 Å². The number of carbonyl (C=O) groups excluding carboxylic acids is 2. The van der Waals surface area contributed by atoms with Gasteiger partial charge in [-0.3, -0.25) is 9.59 Å². The molecule has 2 heterocycles. The second-order valence-electron chi connectivity index (χ2n) is 4.89. The van der Waals surface area contributed by atoms with Gasteiger partial charge in [-0.05, 0) is 37.5 Å². The average molecular weight is 280 g/mol. The molecule has 19 heavy (non-hydrogen) atoms. The number of rotatable bonds is 2. The zero-order valence-corrected chi connectivity index (χ0v) is 11.2. The Kier molecular flexibility index (Phi) is 3.29. The Labute approximate surface area is 116 Å². The minimum Gasteiger partial charge on any atom is -0.376 e. The van der Waals surface area contributed by atoms with Gasteiger partial charge in [0.25, 0.3) is 11.7 Å². The van der Waals surface area contributed by atoms with Crippen LogP contribution >= 0.6 is 11.6 Å². The minimum atomic E-state index is -0.480. The second-order valence-corrected chi connectivity index (χ2v) is 5.33. The molecule has 0 aliphatic carbocycles. The number of hydrogen-bond acceptors (Lipinski definition) is 3. The Morgan fingerprint density at radius 1 is 1.32 bits per heavy atom. The predicted octanol–water partition coefficient (Wildman–Crippen LogP) is 2.44. The van der Waals surface area contributed by atoms with Crippen LogP contribution in [-0.4, -0.2) is 30.9 Å². The third-order valence-electron chi connectivity index (χ3n) is 3.59. The standard InChI is InChI=1S/C14H14ClNO3/c15-9-4-5-12-11(7-9)13(17)14(18)16(12)8-10-3-1-2-6-19-10/h4-5,7,10H,1-3,6,8H2/t10-/m1/s1. The van der Waals surface area contributed by atoms with Crippen LogP contribution in [0.15, 0.2) is 18.2 Å². The van der Waals surface area contributed by atoms with Crippen molar-refractivity contribution in [2.75, 3.05) is 18.1 Å². The van der Waals surface area contributed by atoms with E-state index in [4.69, 9.17) is 16.3 Å². The van der Waals surface area contributed by atoms with E-state index in [9.17, 15) is 9.59 Å². The van der Waals surface area contributed by atoms with Crippen LogP contribution in [0.25, 0.3) is 0 Å². The van der Waals surface area contributed by atoms with Gasteiger partial charge in [0, 0.05) is 11.6 Å². The third-order valence-corrected chi connectivity index (χ3v) is 3.83. The van der Waals surface area contributed by atoms with Gasteiger partial charge in [0.15, 0.2) is 0 Å². The van der Waals surface area contributed by atoms with Crippen LogP contribution in [0.1, 0.15) is 29.6 Å². The first-order valence-corrected chi connectivity index (χ1v) is 6.82. The van der Waals surface area contributed by atoms with E-state index in [2.05, 4.69) is 0 Å². The van der Waals surface area contributed by atoms with Crippen LogP contribution in [0.3, 0.4) is 0 Å². The van der Waals surface area contributed by atoms with Crippen LogP contribution in [0.5, 0.6) is 0 Å². The maximum atomic E-state index is 12.0. The number of ketones is 1. The Morgan fingerprint density at radius 3 is 2.89 bits per heavy atom. The number of fused-ring (bicyclic) bond motifs is 1. The van der Waals surface area contributed by atoms with E-state index in [1.807, 2.05) is 0 Å². The summed E-state index contributed by atoms with van der Waals surface area (Å²) in [4.78, 5) is 25.5. The molecule has 1 aromatic rings. The number of anilines is 1. The molecular weight excluding hydrogens is 266 g/mol. The number of benzene rings is 1. The molecule has 2 aliphatic rings. The van der Waals surface area contributed by atoms with E-state index in [0.29, 0.717) is 22.8 Å². The lowest BCUT2D eigenvalue weighted by Gasteiger charge is -2.27. The summed E-state index contributed by atoms with van der Waals surface area (Å²) in [6, 6.07) is 4.98. The van der Waals surface area contributed by atoms with E-state index in [-0.39, 0.29) is 6.10 Å². The van der Waals surface area contributed by atoms with Crippen molar-refractivity contribution in [1.82, 2.24) is 0 Å². The summed E-state index contributed by atoms with van der Waals surface area (Å²) in [5.74, 6) is -0.959. The van der Waals surface area contributed by atoms with E-state index in [1.54, 1.807) is 18.2 Å². The maximum absolute atomic E-state index is 12.0. The van der Waals surface area contributed by atoms with Crippen molar-refractivity contribution in [3.63, 3.8) is 0 Å². The van der Waals surface area contributed by atoms with Gasteiger partial charge in [-0.15, -0.1) is 0 Å². The molecule has 0 radical (unpaired) electrons. The Hall–Kier alpha value is -1.39. The summed E-state index contributed by atoms with van der Waals surface area (Å²) in [7, 11) is 0. The minimum absolute atomic E-state index is 0.0205. The Morgan fingerprint density at radius 2 is 2.16 bits per heavy atom. The molecule has 5 heteroatoms. The quantitative estimate of drug-likeness (QED) is 0.781. The highest BCUT2D eigenvalue weighted by molar-refractivity contribution is 6.52. The summed E-state index contributed by atoms with van der Waals surface area (Å²) in [5.41, 5.74) is 1.04. The van der Waals surface area contributed by atoms with Gasteiger partial charge in [0.2, 0.25) is 0 Å². The lowest BCUT2D eigenvalue weighted by Crippen LogP contribution is -2.39. The van der Waals surface area contributed by atoms with Gasteiger partial charge in [-0.1, -0.05) is 11.6 Å². The van der Waals surface area contributed by atoms with Gasteiger partial charge in [0.1, 0.15) is 0 Å². The summed E-state index contributed by atoms with van der Waals surface area (Å²) in [6.07, 6.45) is 3.12. The summed E-state index contributed by atoms with van der Waals surface area (Å²) >= 11 is 5.87. The van der Waals surface area contributed by atoms with Crippen LogP contribution in [0, 0.1) is 0 Å². The number of hydrogen-bond donors (Lipinski definition) is 0. The van der Waals surface area contributed by atoms with Crippen LogP contribution in [0.4, 0.5) is 5.69 Å². The van der Waals surface area contributed by atoms with Crippen molar-refractivity contribution in [3.05, 3.63) is 28.8 Å². The molecule has 1 aromatic carbocycles. The molecule has 3 rings (SSSR count). The first-order chi connectivity index (χ1) is 9.16. The van der Waals surface area contributed by atoms with Gasteiger partial charge in [0.05, 0.1) is 23.9 Å². The highest BCUT2D eigenvalue weighted by Crippen LogP contribution is 2.32. The number of carbonyl (C=O) groups is 2. The average Bonchev–Trinajstić information content (AvgIpc) is 2.65. The van der Waals surface area contributed by atoms with Crippen molar-refractivity contribution >= 4 is 29.0 Å². The fraction of sp³-hybridized carbons (Fsp3) is 0.429. The lowest BCUT2D eigenvalue weighted by molar-refractivity contribution is -0.114. The number of halogens is 1. The molecule has 0 bridgehead atoms. The molecule has 1 amide bonds. The zero-order valence-electron chi connectivity index (χ0n) is 10.4. The van der Waals surface area contributed by atoms with Crippen LogP contribution in [-0.2, 0) is 9.53 Å². The van der Waals surface area contributed by atoms with Gasteiger partial charge < -0.3 is 9.64 Å². The molecule has 0 unspecified atom stereocenters. The monoisotopic (exact) mass is 279 g/mol. The Bertz CT molecular complexity index is 537. The van der Waals surface area contributed by atoms with Crippen molar-refractivity contribution in [2.45, 2.75) is 25.4 Å². The highest BCUT2D eigenvalue weighted by atomic mass is 35.5. The summed E-state index contributed by atoms with van der Waals surface area (Å²) < 4.78 is 5.63. The fourth-order valence-corrected chi connectivity index (χ4v) is 2.78. The predicted molar refractivity (Wildman–Crippen MR) is 71.7 cm³/mol. The lowest BCUT2D eigenvalue weighted by atomic mass is 10.1. The summed E-state index contributed by atoms with van der Waals surface area (Å²) in [6.45, 7) is 1.17. The van der Waals surface area contributed by atoms with E-state index in [1.165, 1.54) is 4.90 Å². The number of nitrogens with zero attached hydrogens (tertiary/aromatic N) is 1. The molecule has 100 valence electrons. The molecule has 0 spiro atoms. The first kappa shape index (κ1) is 12.6. The number of Topliss-reactive ketones (excluding diaryl/α,β-unsaturated/α-hetero) is 1. The molecule has 0 aromatic heterocycles. The topological polar surface area (TPSA) is 46.6 Å². The molecule has 0 N–H and O–H groups in total. The zero-order chi connectivity index (χ0) is 13.4. The largest absolute Gasteiger partial charge is 0.376 e.